The third-order valence-corrected chi connectivity index (χ3v) is 3.05. The molecule has 21 heavy (non-hydrogen) atoms. The van der Waals surface area contributed by atoms with Gasteiger partial charge in [-0.15, -0.1) is 0 Å². The summed E-state index contributed by atoms with van der Waals surface area (Å²) < 4.78 is 52.3. The van der Waals surface area contributed by atoms with E-state index in [9.17, 15) is 17.6 Å². The molecule has 0 unspecified atom stereocenters. The second-order valence-corrected chi connectivity index (χ2v) is 4.76. The number of nitrogens with zero attached hydrogens (tertiary/aromatic N) is 1. The van der Waals surface area contributed by atoms with Gasteiger partial charge in [-0.3, -0.25) is 0 Å². The zero-order chi connectivity index (χ0) is 15.6. The number of nitrogens with two attached hydrogens (primary N) is 1. The van der Waals surface area contributed by atoms with Crippen LogP contribution < -0.4 is 10.6 Å². The highest BCUT2D eigenvalue weighted by atomic mass is 19.4. The van der Waals surface area contributed by atoms with Gasteiger partial charge in [-0.1, -0.05) is 12.1 Å². The molecule has 0 bridgehead atoms. The van der Waals surface area contributed by atoms with Crippen LogP contribution in [0.15, 0.2) is 42.5 Å². The lowest BCUT2D eigenvalue weighted by Gasteiger charge is -2.24. The summed E-state index contributed by atoms with van der Waals surface area (Å²) in [6.07, 6.45) is -4.50. The molecule has 0 aliphatic rings. The molecule has 0 heterocycles. The molecule has 0 aromatic heterocycles. The normalized spacial score (nSPS) is 11.5. The van der Waals surface area contributed by atoms with Crippen molar-refractivity contribution in [1.29, 1.82) is 0 Å². The molecular weight excluding hydrogens is 284 g/mol. The van der Waals surface area contributed by atoms with E-state index in [4.69, 9.17) is 5.73 Å². The minimum absolute atomic E-state index is 0.000890. The number of halogens is 4. The third-order valence-electron chi connectivity index (χ3n) is 3.05. The number of benzene rings is 2. The Bertz CT molecular complexity index is 638. The molecule has 2 rings (SSSR count). The Morgan fingerprint density at radius 3 is 2.43 bits per heavy atom. The minimum Gasteiger partial charge on any atom is -0.399 e. The first-order valence-corrected chi connectivity index (χ1v) is 6.19. The van der Waals surface area contributed by atoms with Gasteiger partial charge in [0.05, 0.1) is 5.56 Å². The van der Waals surface area contributed by atoms with Crippen LogP contribution in [0.5, 0.6) is 0 Å². The van der Waals surface area contributed by atoms with Crippen LogP contribution in [0.1, 0.15) is 11.1 Å². The first-order chi connectivity index (χ1) is 9.77. The molecule has 2 nitrogen and oxygen atoms in total. The molecule has 0 spiro atoms. The minimum atomic E-state index is -4.50. The van der Waals surface area contributed by atoms with Crippen molar-refractivity contribution in [2.75, 3.05) is 17.7 Å². The van der Waals surface area contributed by atoms with Crippen molar-refractivity contribution in [2.24, 2.45) is 0 Å². The molecule has 0 radical (unpaired) electrons. The Morgan fingerprint density at radius 1 is 1.10 bits per heavy atom. The zero-order valence-electron chi connectivity index (χ0n) is 11.3. The molecule has 0 atom stereocenters. The highest BCUT2D eigenvalue weighted by Gasteiger charge is 2.34. The average Bonchev–Trinajstić information content (AvgIpc) is 2.37. The fourth-order valence-electron chi connectivity index (χ4n) is 2.11. The molecule has 0 aliphatic carbocycles. The van der Waals surface area contributed by atoms with Gasteiger partial charge >= 0.3 is 6.18 Å². The number of hydrogen-bond donors (Lipinski definition) is 1. The number of rotatable bonds is 3. The van der Waals surface area contributed by atoms with Crippen LogP contribution in [-0.4, -0.2) is 7.05 Å². The Hall–Kier alpha value is -2.24. The van der Waals surface area contributed by atoms with Gasteiger partial charge in [0.15, 0.2) is 0 Å². The number of anilines is 2. The molecule has 0 amide bonds. The lowest BCUT2D eigenvalue weighted by atomic mass is 10.1. The van der Waals surface area contributed by atoms with Gasteiger partial charge in [-0.25, -0.2) is 4.39 Å². The summed E-state index contributed by atoms with van der Waals surface area (Å²) in [6.45, 7) is 0.157. The average molecular weight is 298 g/mol. The summed E-state index contributed by atoms with van der Waals surface area (Å²) in [5, 5.41) is 0. The van der Waals surface area contributed by atoms with Crippen LogP contribution in [0.3, 0.4) is 0 Å². The van der Waals surface area contributed by atoms with Crippen molar-refractivity contribution in [3.8, 4) is 0 Å². The van der Waals surface area contributed by atoms with Crippen LogP contribution in [0, 0.1) is 5.82 Å². The second-order valence-electron chi connectivity index (χ2n) is 4.76. The van der Waals surface area contributed by atoms with E-state index in [2.05, 4.69) is 0 Å². The predicted octanol–water partition coefficient (Wildman–Crippen LogP) is 4.06. The Kier molecular flexibility index (Phi) is 4.06. The van der Waals surface area contributed by atoms with Gasteiger partial charge in [-0.2, -0.15) is 13.2 Å². The van der Waals surface area contributed by atoms with Crippen LogP contribution in [-0.2, 0) is 12.7 Å². The van der Waals surface area contributed by atoms with Gasteiger partial charge in [0.25, 0.3) is 0 Å². The first-order valence-electron chi connectivity index (χ1n) is 6.19. The molecule has 6 heteroatoms. The number of nitrogen functional groups attached to an aromatic ring is 1. The molecule has 0 fully saturated rings. The smallest absolute Gasteiger partial charge is 0.399 e. The lowest BCUT2D eigenvalue weighted by molar-refractivity contribution is -0.137. The SMILES string of the molecule is CN(Cc1cccc(F)c1)c1ccc(N)cc1C(F)(F)F. The summed E-state index contributed by atoms with van der Waals surface area (Å²) in [5.41, 5.74) is 5.26. The van der Waals surface area contributed by atoms with Crippen molar-refractivity contribution in [3.05, 3.63) is 59.4 Å². The highest BCUT2D eigenvalue weighted by molar-refractivity contribution is 5.60. The van der Waals surface area contributed by atoms with Crippen LogP contribution in [0.25, 0.3) is 0 Å². The maximum Gasteiger partial charge on any atom is 0.418 e. The Labute approximate surface area is 119 Å². The molecule has 2 aromatic rings. The van der Waals surface area contributed by atoms with E-state index in [1.807, 2.05) is 0 Å². The van der Waals surface area contributed by atoms with Crippen LogP contribution >= 0.6 is 0 Å². The van der Waals surface area contributed by atoms with Gasteiger partial charge in [0, 0.05) is 25.0 Å². The number of alkyl halides is 3. The van der Waals surface area contributed by atoms with E-state index in [1.54, 1.807) is 6.07 Å². The standard InChI is InChI=1S/C15H14F4N2/c1-21(9-10-3-2-4-11(16)7-10)14-6-5-12(20)8-13(14)15(17,18)19/h2-8H,9,20H2,1H3. The number of hydrogen-bond acceptors (Lipinski definition) is 2. The molecule has 112 valence electrons. The van der Waals surface area contributed by atoms with E-state index < -0.39 is 17.6 Å². The lowest BCUT2D eigenvalue weighted by Crippen LogP contribution is -2.21. The molecule has 2 aromatic carbocycles. The monoisotopic (exact) mass is 298 g/mol. The van der Waals surface area contributed by atoms with E-state index in [0.717, 1.165) is 6.07 Å². The van der Waals surface area contributed by atoms with E-state index in [1.165, 1.54) is 42.3 Å². The van der Waals surface area contributed by atoms with Gasteiger partial charge in [0.1, 0.15) is 5.82 Å². The quantitative estimate of drug-likeness (QED) is 0.684. The van der Waals surface area contributed by atoms with Crippen molar-refractivity contribution in [3.63, 3.8) is 0 Å². The van der Waals surface area contributed by atoms with Crippen molar-refractivity contribution < 1.29 is 17.6 Å². The summed E-state index contributed by atoms with van der Waals surface area (Å²) >= 11 is 0. The van der Waals surface area contributed by atoms with Gasteiger partial charge in [0.2, 0.25) is 0 Å². The molecule has 0 saturated carbocycles. The van der Waals surface area contributed by atoms with Gasteiger partial charge in [-0.05, 0) is 35.9 Å². The van der Waals surface area contributed by atoms with E-state index >= 15 is 0 Å². The first kappa shape index (κ1) is 15.2. The largest absolute Gasteiger partial charge is 0.418 e. The predicted molar refractivity (Wildman–Crippen MR) is 74.4 cm³/mol. The van der Waals surface area contributed by atoms with Crippen molar-refractivity contribution in [1.82, 2.24) is 0 Å². The van der Waals surface area contributed by atoms with Crippen molar-refractivity contribution >= 4 is 11.4 Å². The summed E-state index contributed by atoms with van der Waals surface area (Å²) in [7, 11) is 1.52. The molecular formula is C15H14F4N2. The topological polar surface area (TPSA) is 29.3 Å². The van der Waals surface area contributed by atoms with E-state index in [0.29, 0.717) is 5.56 Å². The highest BCUT2D eigenvalue weighted by Crippen LogP contribution is 2.37. The third kappa shape index (κ3) is 3.65. The second kappa shape index (κ2) is 5.63. The van der Waals surface area contributed by atoms with E-state index in [-0.39, 0.29) is 17.9 Å². The van der Waals surface area contributed by atoms with Crippen molar-refractivity contribution in [2.45, 2.75) is 12.7 Å². The fourth-order valence-corrected chi connectivity index (χ4v) is 2.11. The maximum absolute atomic E-state index is 13.1. The zero-order valence-corrected chi connectivity index (χ0v) is 11.3. The van der Waals surface area contributed by atoms with Crippen LogP contribution in [0.4, 0.5) is 28.9 Å². The summed E-state index contributed by atoms with van der Waals surface area (Å²) in [6, 6.07) is 9.38. The van der Waals surface area contributed by atoms with Crippen LogP contribution in [0.2, 0.25) is 0 Å². The summed E-state index contributed by atoms with van der Waals surface area (Å²) in [5.74, 6) is -0.422. The Morgan fingerprint density at radius 2 is 1.81 bits per heavy atom. The van der Waals surface area contributed by atoms with Gasteiger partial charge < -0.3 is 10.6 Å². The summed E-state index contributed by atoms with van der Waals surface area (Å²) in [4.78, 5) is 1.41. The molecule has 2 N–H and O–H groups in total. The molecule has 0 aliphatic heterocycles. The molecule has 0 saturated heterocycles. The Balaban J connectivity index is 2.33. The fraction of sp³-hybridized carbons (Fsp3) is 0.200. The maximum atomic E-state index is 13.1.